The van der Waals surface area contributed by atoms with Crippen LogP contribution in [0.1, 0.15) is 75.6 Å². The van der Waals surface area contributed by atoms with Crippen LogP contribution in [0.4, 0.5) is 11.4 Å². The Bertz CT molecular complexity index is 1580. The van der Waals surface area contributed by atoms with Crippen LogP contribution in [0.3, 0.4) is 0 Å². The van der Waals surface area contributed by atoms with E-state index in [4.69, 9.17) is 14.2 Å². The van der Waals surface area contributed by atoms with Crippen molar-refractivity contribution in [3.8, 4) is 23.0 Å². The highest BCUT2D eigenvalue weighted by atomic mass is 16.5. The summed E-state index contributed by atoms with van der Waals surface area (Å²) in [7, 11) is 0. The zero-order chi connectivity index (χ0) is 35.6. The van der Waals surface area contributed by atoms with E-state index >= 15 is 0 Å². The molecule has 0 spiro atoms. The first-order valence-electron chi connectivity index (χ1n) is 17.1. The van der Waals surface area contributed by atoms with Gasteiger partial charge in [0.15, 0.2) is 0 Å². The van der Waals surface area contributed by atoms with Gasteiger partial charge in [-0.1, -0.05) is 52.0 Å². The summed E-state index contributed by atoms with van der Waals surface area (Å²) in [5.41, 5.74) is 4.85. The third-order valence-electron chi connectivity index (χ3n) is 8.78. The lowest BCUT2D eigenvalue weighted by Gasteiger charge is -2.24. The maximum Gasteiger partial charge on any atom is 0.230 e. The van der Waals surface area contributed by atoms with Gasteiger partial charge < -0.3 is 24.8 Å². The summed E-state index contributed by atoms with van der Waals surface area (Å²) in [5, 5.41) is 6.06. The molecular weight excluding hydrogens is 612 g/mol. The Morgan fingerprint density at radius 3 is 1.29 bits per heavy atom. The number of aryl methyl sites for hydroxylation is 4. The van der Waals surface area contributed by atoms with Crippen LogP contribution in [-0.2, 0) is 9.59 Å². The van der Waals surface area contributed by atoms with Gasteiger partial charge in [0.2, 0.25) is 11.8 Å². The van der Waals surface area contributed by atoms with Gasteiger partial charge in [0.25, 0.3) is 0 Å². The Morgan fingerprint density at radius 1 is 0.551 bits per heavy atom. The van der Waals surface area contributed by atoms with E-state index in [1.807, 2.05) is 116 Å². The van der Waals surface area contributed by atoms with Gasteiger partial charge in [-0.3, -0.25) is 9.59 Å². The highest BCUT2D eigenvalue weighted by molar-refractivity contribution is 5.95. The van der Waals surface area contributed by atoms with Gasteiger partial charge in [0, 0.05) is 22.2 Å². The molecule has 0 fully saturated rings. The van der Waals surface area contributed by atoms with E-state index in [1.54, 1.807) is 0 Å². The summed E-state index contributed by atoms with van der Waals surface area (Å²) in [6.07, 6.45) is 2.93. The van der Waals surface area contributed by atoms with E-state index in [0.29, 0.717) is 48.9 Å². The predicted molar refractivity (Wildman–Crippen MR) is 199 cm³/mol. The molecule has 0 radical (unpaired) electrons. The van der Waals surface area contributed by atoms with Gasteiger partial charge in [-0.05, 0) is 136 Å². The second-order valence-electron chi connectivity index (χ2n) is 14.3. The normalized spacial score (nSPS) is 11.5. The van der Waals surface area contributed by atoms with Crippen molar-refractivity contribution < 1.29 is 23.8 Å². The number of rotatable bonds is 16. The molecule has 0 aliphatic carbocycles. The largest absolute Gasteiger partial charge is 0.493 e. The van der Waals surface area contributed by atoms with Crippen LogP contribution in [0.25, 0.3) is 0 Å². The molecule has 0 unspecified atom stereocenters. The van der Waals surface area contributed by atoms with Crippen LogP contribution >= 0.6 is 0 Å². The molecular formula is C42H52N2O5. The third kappa shape index (κ3) is 11.1. The summed E-state index contributed by atoms with van der Waals surface area (Å²) in [6, 6.07) is 27.0. The highest BCUT2D eigenvalue weighted by Crippen LogP contribution is 2.30. The molecule has 0 bridgehead atoms. The third-order valence-corrected chi connectivity index (χ3v) is 8.78. The fraction of sp³-hybridized carbons (Fsp3) is 0.381. The minimum absolute atomic E-state index is 0.0422. The summed E-state index contributed by atoms with van der Waals surface area (Å²) in [5.74, 6) is 2.99. The summed E-state index contributed by atoms with van der Waals surface area (Å²) < 4.78 is 18.0. The molecule has 0 saturated carbocycles. The summed E-state index contributed by atoms with van der Waals surface area (Å²) in [4.78, 5) is 26.1. The Labute approximate surface area is 292 Å². The number of hydrogen-bond acceptors (Lipinski definition) is 5. The molecule has 0 atom stereocenters. The lowest BCUT2D eigenvalue weighted by molar-refractivity contribution is -0.125. The molecule has 0 aliphatic heterocycles. The van der Waals surface area contributed by atoms with E-state index in [2.05, 4.69) is 34.9 Å². The van der Waals surface area contributed by atoms with Crippen molar-refractivity contribution in [2.45, 2.75) is 81.1 Å². The highest BCUT2D eigenvalue weighted by Gasteiger charge is 2.28. The minimum atomic E-state index is -0.554. The lowest BCUT2D eigenvalue weighted by Crippen LogP contribution is -2.31. The number of carbonyl (C=O) groups is 2. The van der Waals surface area contributed by atoms with Gasteiger partial charge in [-0.15, -0.1) is 0 Å². The van der Waals surface area contributed by atoms with Crippen LogP contribution < -0.4 is 24.8 Å². The smallest absolute Gasteiger partial charge is 0.230 e. The maximum absolute atomic E-state index is 13.1. The van der Waals surface area contributed by atoms with Gasteiger partial charge in [0.1, 0.15) is 23.0 Å². The van der Waals surface area contributed by atoms with Crippen molar-refractivity contribution >= 4 is 23.2 Å². The van der Waals surface area contributed by atoms with Crippen molar-refractivity contribution in [1.29, 1.82) is 0 Å². The molecule has 49 heavy (non-hydrogen) atoms. The average molecular weight is 665 g/mol. The molecule has 7 heteroatoms. The molecule has 4 aromatic carbocycles. The molecule has 0 aliphatic rings. The van der Waals surface area contributed by atoms with Crippen molar-refractivity contribution in [3.05, 3.63) is 107 Å². The van der Waals surface area contributed by atoms with Crippen LogP contribution in [0.5, 0.6) is 23.0 Å². The number of ether oxygens (including phenoxy) is 3. The van der Waals surface area contributed by atoms with Crippen LogP contribution in [0, 0.1) is 38.5 Å². The molecule has 7 nitrogen and oxygen atoms in total. The van der Waals surface area contributed by atoms with E-state index < -0.39 is 10.8 Å². The molecule has 0 heterocycles. The first-order valence-corrected chi connectivity index (χ1v) is 17.1. The van der Waals surface area contributed by atoms with E-state index in [1.165, 1.54) is 0 Å². The second-order valence-corrected chi connectivity index (χ2v) is 14.3. The number of nitrogens with one attached hydrogen (secondary N) is 2. The van der Waals surface area contributed by atoms with Gasteiger partial charge in [-0.2, -0.15) is 0 Å². The first kappa shape index (κ1) is 37.0. The molecule has 0 saturated heterocycles. The number of benzene rings is 4. The second kappa shape index (κ2) is 16.6. The van der Waals surface area contributed by atoms with Crippen LogP contribution in [0.2, 0.25) is 0 Å². The van der Waals surface area contributed by atoms with Crippen molar-refractivity contribution in [1.82, 2.24) is 0 Å². The van der Waals surface area contributed by atoms with Gasteiger partial charge in [0.05, 0.1) is 13.2 Å². The standard InChI is InChI=1S/C42H52N2O5/c1-29-11-13-31(3)37(27-29)47-25-9-23-41(5,6)39(45)43-33-15-19-35(20-16-33)49-36-21-17-34(18-22-36)44-40(46)42(7,8)24-10-26-48-38-28-30(2)12-14-32(38)4/h11-22,27-28H,9-10,23-26H2,1-8H3,(H,43,45)(H,44,46). The van der Waals surface area contributed by atoms with Crippen molar-refractivity contribution in [3.63, 3.8) is 0 Å². The van der Waals surface area contributed by atoms with Crippen LogP contribution in [0.15, 0.2) is 84.9 Å². The first-order chi connectivity index (χ1) is 23.2. The van der Waals surface area contributed by atoms with E-state index in [-0.39, 0.29) is 11.8 Å². The Kier molecular flexibility index (Phi) is 12.5. The fourth-order valence-corrected chi connectivity index (χ4v) is 5.29. The zero-order valence-corrected chi connectivity index (χ0v) is 30.4. The molecule has 2 amide bonds. The number of carbonyl (C=O) groups excluding carboxylic acids is 2. The molecule has 260 valence electrons. The van der Waals surface area contributed by atoms with Crippen molar-refractivity contribution in [2.75, 3.05) is 23.8 Å². The Hall–Kier alpha value is -4.78. The monoisotopic (exact) mass is 664 g/mol. The summed E-state index contributed by atoms with van der Waals surface area (Å²) >= 11 is 0. The van der Waals surface area contributed by atoms with E-state index in [9.17, 15) is 9.59 Å². The Morgan fingerprint density at radius 2 is 0.918 bits per heavy atom. The predicted octanol–water partition coefficient (Wildman–Crippen LogP) is 10.4. The molecule has 4 aromatic rings. The lowest BCUT2D eigenvalue weighted by atomic mass is 9.87. The average Bonchev–Trinajstić information content (AvgIpc) is 3.06. The summed E-state index contributed by atoms with van der Waals surface area (Å²) in [6.45, 7) is 17.1. The van der Waals surface area contributed by atoms with Gasteiger partial charge in [-0.25, -0.2) is 0 Å². The minimum Gasteiger partial charge on any atom is -0.493 e. The van der Waals surface area contributed by atoms with E-state index in [0.717, 1.165) is 46.6 Å². The fourth-order valence-electron chi connectivity index (χ4n) is 5.29. The SMILES string of the molecule is Cc1ccc(C)c(OCCCC(C)(C)C(=O)Nc2ccc(Oc3ccc(NC(=O)C(C)(C)CCCOc4cc(C)ccc4C)cc3)cc2)c1. The topological polar surface area (TPSA) is 85.9 Å². The van der Waals surface area contributed by atoms with Crippen molar-refractivity contribution in [2.24, 2.45) is 10.8 Å². The molecule has 2 N–H and O–H groups in total. The number of anilines is 2. The number of hydrogen-bond donors (Lipinski definition) is 2. The molecule has 0 aromatic heterocycles. The van der Waals surface area contributed by atoms with Crippen LogP contribution in [-0.4, -0.2) is 25.0 Å². The zero-order valence-electron chi connectivity index (χ0n) is 30.4. The Balaban J connectivity index is 1.19. The van der Waals surface area contributed by atoms with Gasteiger partial charge >= 0.3 is 0 Å². The quantitative estimate of drug-likeness (QED) is 0.116. The number of amides is 2. The maximum atomic E-state index is 13.1. The molecule has 4 rings (SSSR count).